The van der Waals surface area contributed by atoms with Gasteiger partial charge in [-0.05, 0) is 55.5 Å². The second-order valence-corrected chi connectivity index (χ2v) is 4.88. The van der Waals surface area contributed by atoms with E-state index < -0.39 is 0 Å². The van der Waals surface area contributed by atoms with Gasteiger partial charge in [-0.2, -0.15) is 0 Å². The van der Waals surface area contributed by atoms with Crippen molar-refractivity contribution < 1.29 is 0 Å². The molecule has 1 aliphatic heterocycles. The minimum atomic E-state index is 0.602. The third-order valence-electron chi connectivity index (χ3n) is 3.22. The van der Waals surface area contributed by atoms with Crippen LogP contribution in [0.1, 0.15) is 49.3 Å². The Bertz CT molecular complexity index is 341. The molecule has 1 aliphatic rings. The molecular formula is C16H25N. The Morgan fingerprint density at radius 2 is 1.88 bits per heavy atom. The van der Waals surface area contributed by atoms with E-state index in [1.165, 1.54) is 42.6 Å². The molecule has 0 aliphatic carbocycles. The third-order valence-corrected chi connectivity index (χ3v) is 3.22. The van der Waals surface area contributed by atoms with Crippen molar-refractivity contribution in [2.45, 2.75) is 39.5 Å². The Morgan fingerprint density at radius 3 is 2.29 bits per heavy atom. The van der Waals surface area contributed by atoms with Gasteiger partial charge in [0.15, 0.2) is 0 Å². The van der Waals surface area contributed by atoms with Crippen LogP contribution in [0.25, 0.3) is 6.08 Å². The molecule has 0 bridgehead atoms. The summed E-state index contributed by atoms with van der Waals surface area (Å²) < 4.78 is 0. The molecule has 1 saturated heterocycles. The first-order valence-corrected chi connectivity index (χ1v) is 6.59. The van der Waals surface area contributed by atoms with Gasteiger partial charge in [-0.1, -0.05) is 44.7 Å². The molecule has 1 N–H and O–H groups in total. The molecule has 1 heterocycles. The van der Waals surface area contributed by atoms with Crippen molar-refractivity contribution in [2.75, 3.05) is 13.1 Å². The summed E-state index contributed by atoms with van der Waals surface area (Å²) in [6.45, 7) is 12.9. The molecule has 2 rings (SSSR count). The molecule has 1 aromatic rings. The van der Waals surface area contributed by atoms with Crippen LogP contribution in [0, 0.1) is 6.92 Å². The van der Waals surface area contributed by atoms with Crippen molar-refractivity contribution in [1.29, 1.82) is 0 Å². The SMILES string of the molecule is C1CCNC1.C=Cc1cccc(C(C)C)c1C. The molecule has 0 saturated carbocycles. The monoisotopic (exact) mass is 231 g/mol. The molecule has 1 nitrogen and oxygen atoms in total. The van der Waals surface area contributed by atoms with Crippen molar-refractivity contribution in [3.63, 3.8) is 0 Å². The zero-order valence-electron chi connectivity index (χ0n) is 11.4. The first-order chi connectivity index (χ1) is 8.16. The van der Waals surface area contributed by atoms with Crippen molar-refractivity contribution in [3.8, 4) is 0 Å². The number of hydrogen-bond acceptors (Lipinski definition) is 1. The van der Waals surface area contributed by atoms with Crippen LogP contribution in [-0.4, -0.2) is 13.1 Å². The first-order valence-electron chi connectivity index (χ1n) is 6.59. The summed E-state index contributed by atoms with van der Waals surface area (Å²) in [6.07, 6.45) is 4.70. The maximum atomic E-state index is 3.79. The molecule has 1 aromatic carbocycles. The summed E-state index contributed by atoms with van der Waals surface area (Å²) in [5.74, 6) is 0.602. The van der Waals surface area contributed by atoms with Crippen LogP contribution >= 0.6 is 0 Å². The second-order valence-electron chi connectivity index (χ2n) is 4.88. The Morgan fingerprint density at radius 1 is 1.24 bits per heavy atom. The number of nitrogens with one attached hydrogen (secondary N) is 1. The van der Waals surface area contributed by atoms with Crippen LogP contribution in [0.3, 0.4) is 0 Å². The quantitative estimate of drug-likeness (QED) is 0.807. The van der Waals surface area contributed by atoms with E-state index in [0.29, 0.717) is 5.92 Å². The summed E-state index contributed by atoms with van der Waals surface area (Å²) in [4.78, 5) is 0. The fourth-order valence-corrected chi connectivity index (χ4v) is 2.14. The highest BCUT2D eigenvalue weighted by Gasteiger charge is 2.04. The Balaban J connectivity index is 0.000000239. The molecule has 17 heavy (non-hydrogen) atoms. The van der Waals surface area contributed by atoms with Gasteiger partial charge in [-0.15, -0.1) is 0 Å². The Labute approximate surface area is 106 Å². The van der Waals surface area contributed by atoms with Gasteiger partial charge in [0, 0.05) is 0 Å². The maximum Gasteiger partial charge on any atom is -0.00484 e. The zero-order chi connectivity index (χ0) is 12.7. The van der Waals surface area contributed by atoms with Gasteiger partial charge in [0.05, 0.1) is 0 Å². The van der Waals surface area contributed by atoms with Crippen LogP contribution in [-0.2, 0) is 0 Å². The minimum Gasteiger partial charge on any atom is -0.317 e. The molecular weight excluding hydrogens is 206 g/mol. The molecule has 0 atom stereocenters. The number of benzene rings is 1. The van der Waals surface area contributed by atoms with Crippen LogP contribution in [0.4, 0.5) is 0 Å². The highest BCUT2D eigenvalue weighted by atomic mass is 14.9. The standard InChI is InChI=1S/C12H16.C4H9N/c1-5-11-7-6-8-12(9(2)3)10(11)4;1-2-4-5-3-1/h5-9H,1H2,2-4H3;5H,1-4H2. The number of rotatable bonds is 2. The molecule has 0 amide bonds. The predicted octanol–water partition coefficient (Wildman–Crippen LogP) is 4.13. The van der Waals surface area contributed by atoms with E-state index in [-0.39, 0.29) is 0 Å². The average Bonchev–Trinajstić information content (AvgIpc) is 2.87. The van der Waals surface area contributed by atoms with Gasteiger partial charge in [0.1, 0.15) is 0 Å². The van der Waals surface area contributed by atoms with E-state index in [0.717, 1.165) is 0 Å². The predicted molar refractivity (Wildman–Crippen MR) is 77.5 cm³/mol. The molecule has 0 radical (unpaired) electrons. The van der Waals surface area contributed by atoms with Gasteiger partial charge in [0.2, 0.25) is 0 Å². The highest BCUT2D eigenvalue weighted by Crippen LogP contribution is 2.22. The largest absolute Gasteiger partial charge is 0.317 e. The fraction of sp³-hybridized carbons (Fsp3) is 0.500. The van der Waals surface area contributed by atoms with Crippen LogP contribution < -0.4 is 5.32 Å². The average molecular weight is 231 g/mol. The minimum absolute atomic E-state index is 0.602. The van der Waals surface area contributed by atoms with E-state index in [9.17, 15) is 0 Å². The fourth-order valence-electron chi connectivity index (χ4n) is 2.14. The molecule has 0 aromatic heterocycles. The molecule has 0 spiro atoms. The van der Waals surface area contributed by atoms with E-state index >= 15 is 0 Å². The Hall–Kier alpha value is -1.08. The first kappa shape index (κ1) is 14.0. The van der Waals surface area contributed by atoms with E-state index in [1.54, 1.807) is 0 Å². The van der Waals surface area contributed by atoms with Crippen molar-refractivity contribution in [3.05, 3.63) is 41.5 Å². The molecule has 0 unspecified atom stereocenters. The van der Waals surface area contributed by atoms with Gasteiger partial charge in [-0.3, -0.25) is 0 Å². The van der Waals surface area contributed by atoms with Crippen LogP contribution in [0.15, 0.2) is 24.8 Å². The normalized spacial score (nSPS) is 14.4. The summed E-state index contributed by atoms with van der Waals surface area (Å²) in [5, 5.41) is 3.22. The van der Waals surface area contributed by atoms with Crippen molar-refractivity contribution in [1.82, 2.24) is 5.32 Å². The lowest BCUT2D eigenvalue weighted by atomic mass is 9.94. The lowest BCUT2D eigenvalue weighted by Gasteiger charge is -2.11. The lowest BCUT2D eigenvalue weighted by molar-refractivity contribution is 0.856. The van der Waals surface area contributed by atoms with Crippen LogP contribution in [0.2, 0.25) is 0 Å². The van der Waals surface area contributed by atoms with E-state index in [2.05, 4.69) is 50.9 Å². The molecule has 1 fully saturated rings. The lowest BCUT2D eigenvalue weighted by Crippen LogP contribution is -2.03. The van der Waals surface area contributed by atoms with Gasteiger partial charge < -0.3 is 5.32 Å². The van der Waals surface area contributed by atoms with Crippen molar-refractivity contribution >= 4 is 6.08 Å². The summed E-state index contributed by atoms with van der Waals surface area (Å²) in [7, 11) is 0. The molecule has 94 valence electrons. The van der Waals surface area contributed by atoms with Crippen LogP contribution in [0.5, 0.6) is 0 Å². The van der Waals surface area contributed by atoms with E-state index in [4.69, 9.17) is 0 Å². The maximum absolute atomic E-state index is 3.79. The van der Waals surface area contributed by atoms with Gasteiger partial charge in [-0.25, -0.2) is 0 Å². The second kappa shape index (κ2) is 7.29. The van der Waals surface area contributed by atoms with E-state index in [1.807, 2.05) is 6.08 Å². The Kier molecular flexibility index (Phi) is 5.99. The van der Waals surface area contributed by atoms with Crippen molar-refractivity contribution in [2.24, 2.45) is 0 Å². The summed E-state index contributed by atoms with van der Waals surface area (Å²) >= 11 is 0. The molecule has 1 heteroatoms. The van der Waals surface area contributed by atoms with Gasteiger partial charge >= 0.3 is 0 Å². The third kappa shape index (κ3) is 4.35. The topological polar surface area (TPSA) is 12.0 Å². The summed E-state index contributed by atoms with van der Waals surface area (Å²) in [5.41, 5.74) is 4.04. The zero-order valence-corrected chi connectivity index (χ0v) is 11.4. The summed E-state index contributed by atoms with van der Waals surface area (Å²) in [6, 6.07) is 6.39. The highest BCUT2D eigenvalue weighted by molar-refractivity contribution is 5.54. The number of hydrogen-bond donors (Lipinski definition) is 1. The van der Waals surface area contributed by atoms with Gasteiger partial charge in [0.25, 0.3) is 0 Å². The smallest absolute Gasteiger partial charge is 0.00484 e.